The number of aryl methyl sites for hydroxylation is 3. The Hall–Kier alpha value is -1.68. The summed E-state index contributed by atoms with van der Waals surface area (Å²) in [6.07, 6.45) is 10.8. The molecule has 2 aromatic rings. The van der Waals surface area contributed by atoms with Crippen LogP contribution in [0.4, 0.5) is 0 Å². The lowest BCUT2D eigenvalue weighted by Gasteiger charge is -2.24. The van der Waals surface area contributed by atoms with Crippen molar-refractivity contribution in [1.82, 2.24) is 19.4 Å². The van der Waals surface area contributed by atoms with E-state index in [4.69, 9.17) is 0 Å². The number of imidazole rings is 1. The van der Waals surface area contributed by atoms with Gasteiger partial charge in [0.15, 0.2) is 0 Å². The molecule has 4 heteroatoms. The fourth-order valence-corrected chi connectivity index (χ4v) is 3.25. The number of likely N-dealkylation sites (tertiary alicyclic amines) is 1. The highest BCUT2D eigenvalue weighted by atomic mass is 15.2. The zero-order chi connectivity index (χ0) is 14.7. The molecule has 0 spiro atoms. The molecule has 1 fully saturated rings. The molecule has 1 unspecified atom stereocenters. The van der Waals surface area contributed by atoms with Crippen molar-refractivity contribution in [3.05, 3.63) is 47.8 Å². The quantitative estimate of drug-likeness (QED) is 0.846. The second kappa shape index (κ2) is 6.39. The maximum Gasteiger partial charge on any atom is 0.122 e. The Morgan fingerprint density at radius 3 is 2.95 bits per heavy atom. The molecule has 2 aromatic heterocycles. The zero-order valence-electron chi connectivity index (χ0n) is 13.0. The van der Waals surface area contributed by atoms with Crippen LogP contribution in [0.3, 0.4) is 0 Å². The summed E-state index contributed by atoms with van der Waals surface area (Å²) in [7, 11) is 2.08. The molecule has 3 heterocycles. The minimum atomic E-state index is 0.690. The molecule has 0 amide bonds. The third-order valence-electron chi connectivity index (χ3n) is 4.49. The van der Waals surface area contributed by atoms with E-state index in [9.17, 15) is 0 Å². The van der Waals surface area contributed by atoms with Crippen molar-refractivity contribution < 1.29 is 0 Å². The largest absolute Gasteiger partial charge is 0.337 e. The molecule has 1 atom stereocenters. The van der Waals surface area contributed by atoms with Gasteiger partial charge in [-0.15, -0.1) is 0 Å². The van der Waals surface area contributed by atoms with Gasteiger partial charge < -0.3 is 4.57 Å². The summed E-state index contributed by atoms with van der Waals surface area (Å²) in [5.74, 6) is 1.17. The predicted molar refractivity (Wildman–Crippen MR) is 83.9 cm³/mol. The van der Waals surface area contributed by atoms with Crippen molar-refractivity contribution in [3.63, 3.8) is 0 Å². The fourth-order valence-electron chi connectivity index (χ4n) is 3.25. The van der Waals surface area contributed by atoms with E-state index in [1.54, 1.807) is 0 Å². The number of hydrogen-bond donors (Lipinski definition) is 0. The molecule has 0 N–H and O–H groups in total. The van der Waals surface area contributed by atoms with E-state index in [-0.39, 0.29) is 0 Å². The van der Waals surface area contributed by atoms with Gasteiger partial charge in [-0.25, -0.2) is 4.98 Å². The normalized spacial score (nSPS) is 19.2. The van der Waals surface area contributed by atoms with E-state index in [1.807, 2.05) is 18.6 Å². The smallest absolute Gasteiger partial charge is 0.122 e. The van der Waals surface area contributed by atoms with Crippen LogP contribution in [0.1, 0.15) is 36.3 Å². The Bertz CT molecular complexity index is 590. The summed E-state index contributed by atoms with van der Waals surface area (Å²) in [4.78, 5) is 11.3. The lowest BCUT2D eigenvalue weighted by atomic mass is 10.0. The molecule has 0 aromatic carbocycles. The van der Waals surface area contributed by atoms with Gasteiger partial charge in [-0.1, -0.05) is 0 Å². The number of aromatic nitrogens is 3. The second-order valence-corrected chi connectivity index (χ2v) is 6.07. The first-order valence-electron chi connectivity index (χ1n) is 7.84. The molecule has 21 heavy (non-hydrogen) atoms. The van der Waals surface area contributed by atoms with E-state index >= 15 is 0 Å². The van der Waals surface area contributed by atoms with Crippen molar-refractivity contribution in [2.75, 3.05) is 6.54 Å². The van der Waals surface area contributed by atoms with Crippen LogP contribution >= 0.6 is 0 Å². The predicted octanol–water partition coefficient (Wildman–Crippen LogP) is 2.72. The highest BCUT2D eigenvalue weighted by Crippen LogP contribution is 2.23. The molecule has 0 aliphatic carbocycles. The molecule has 3 rings (SSSR count). The maximum atomic E-state index is 4.46. The van der Waals surface area contributed by atoms with E-state index in [1.165, 1.54) is 37.2 Å². The Morgan fingerprint density at radius 2 is 2.19 bits per heavy atom. The van der Waals surface area contributed by atoms with Crippen LogP contribution in [0.15, 0.2) is 30.7 Å². The summed E-state index contributed by atoms with van der Waals surface area (Å²) in [6.45, 7) is 4.24. The van der Waals surface area contributed by atoms with E-state index in [0.717, 1.165) is 18.7 Å². The third kappa shape index (κ3) is 3.50. The van der Waals surface area contributed by atoms with Crippen molar-refractivity contribution in [2.24, 2.45) is 7.05 Å². The van der Waals surface area contributed by atoms with Gasteiger partial charge in [0.05, 0.1) is 6.54 Å². The van der Waals surface area contributed by atoms with E-state index < -0.39 is 0 Å². The van der Waals surface area contributed by atoms with Gasteiger partial charge in [0.25, 0.3) is 0 Å². The summed E-state index contributed by atoms with van der Waals surface area (Å²) in [6, 6.07) is 5.04. The zero-order valence-corrected chi connectivity index (χ0v) is 13.0. The molecule has 1 aliphatic rings. The van der Waals surface area contributed by atoms with Gasteiger partial charge in [-0.05, 0) is 56.8 Å². The van der Waals surface area contributed by atoms with Crippen LogP contribution in [0.2, 0.25) is 0 Å². The number of rotatable bonds is 5. The number of nitrogens with zero attached hydrogens (tertiary/aromatic N) is 4. The summed E-state index contributed by atoms with van der Waals surface area (Å²) in [5.41, 5.74) is 2.52. The van der Waals surface area contributed by atoms with Crippen molar-refractivity contribution in [1.29, 1.82) is 0 Å². The standard InChI is InChI=1S/C17H24N4/c1-14-12-15(7-8-18-14)5-6-16-4-3-10-21(16)13-17-19-9-11-20(17)2/h7-9,11-12,16H,3-6,10,13H2,1-2H3. The summed E-state index contributed by atoms with van der Waals surface area (Å²) < 4.78 is 2.13. The van der Waals surface area contributed by atoms with Gasteiger partial charge in [-0.3, -0.25) is 9.88 Å². The van der Waals surface area contributed by atoms with Gasteiger partial charge in [0.1, 0.15) is 5.82 Å². The van der Waals surface area contributed by atoms with Crippen molar-refractivity contribution in [3.8, 4) is 0 Å². The minimum Gasteiger partial charge on any atom is -0.337 e. The lowest BCUT2D eigenvalue weighted by Crippen LogP contribution is -2.30. The SMILES string of the molecule is Cc1cc(CCC2CCCN2Cc2nccn2C)ccn1. The average Bonchev–Trinajstić information content (AvgIpc) is 3.07. The number of hydrogen-bond acceptors (Lipinski definition) is 3. The summed E-state index contributed by atoms with van der Waals surface area (Å²) >= 11 is 0. The number of pyridine rings is 1. The molecule has 4 nitrogen and oxygen atoms in total. The first-order chi connectivity index (χ1) is 10.2. The Labute approximate surface area is 126 Å². The topological polar surface area (TPSA) is 34.0 Å². The van der Waals surface area contributed by atoms with Gasteiger partial charge in [-0.2, -0.15) is 0 Å². The molecule has 1 saturated heterocycles. The average molecular weight is 284 g/mol. The van der Waals surface area contributed by atoms with Crippen LogP contribution in [0, 0.1) is 6.92 Å². The highest BCUT2D eigenvalue weighted by molar-refractivity contribution is 5.15. The van der Waals surface area contributed by atoms with Crippen LogP contribution in [0.25, 0.3) is 0 Å². The monoisotopic (exact) mass is 284 g/mol. The first-order valence-corrected chi connectivity index (χ1v) is 7.84. The molecule has 0 radical (unpaired) electrons. The fraction of sp³-hybridized carbons (Fsp3) is 0.529. The van der Waals surface area contributed by atoms with Crippen LogP contribution < -0.4 is 0 Å². The van der Waals surface area contributed by atoms with E-state index in [2.05, 4.69) is 45.5 Å². The minimum absolute atomic E-state index is 0.690. The highest BCUT2D eigenvalue weighted by Gasteiger charge is 2.25. The van der Waals surface area contributed by atoms with Crippen molar-refractivity contribution in [2.45, 2.75) is 45.2 Å². The molecular weight excluding hydrogens is 260 g/mol. The Kier molecular flexibility index (Phi) is 4.34. The van der Waals surface area contributed by atoms with E-state index in [0.29, 0.717) is 6.04 Å². The van der Waals surface area contributed by atoms with Crippen LogP contribution in [0.5, 0.6) is 0 Å². The van der Waals surface area contributed by atoms with Crippen LogP contribution in [-0.2, 0) is 20.0 Å². The van der Waals surface area contributed by atoms with Gasteiger partial charge in [0, 0.05) is 37.4 Å². The first kappa shape index (κ1) is 14.3. The second-order valence-electron chi connectivity index (χ2n) is 6.07. The van der Waals surface area contributed by atoms with Gasteiger partial charge >= 0.3 is 0 Å². The summed E-state index contributed by atoms with van der Waals surface area (Å²) in [5, 5.41) is 0. The Morgan fingerprint density at radius 1 is 1.29 bits per heavy atom. The third-order valence-corrected chi connectivity index (χ3v) is 4.49. The maximum absolute atomic E-state index is 4.46. The molecule has 112 valence electrons. The lowest BCUT2D eigenvalue weighted by molar-refractivity contribution is 0.227. The van der Waals surface area contributed by atoms with Gasteiger partial charge in [0.2, 0.25) is 0 Å². The molecule has 0 saturated carbocycles. The van der Waals surface area contributed by atoms with Crippen LogP contribution in [-0.4, -0.2) is 32.0 Å². The molecule has 1 aliphatic heterocycles. The van der Waals surface area contributed by atoms with Crippen molar-refractivity contribution >= 4 is 0 Å². The Balaban J connectivity index is 1.58. The molecular formula is C17H24N4. The molecule has 0 bridgehead atoms.